The molecule has 0 aromatic carbocycles. The Kier molecular flexibility index (Phi) is 4.19. The van der Waals surface area contributed by atoms with Crippen molar-refractivity contribution in [3.05, 3.63) is 23.8 Å². The zero-order valence-electron chi connectivity index (χ0n) is 10.3. The second-order valence-corrected chi connectivity index (χ2v) is 4.99. The molecular weight excluding hydrogens is 200 g/mol. The van der Waals surface area contributed by atoms with Gasteiger partial charge in [0.2, 0.25) is 0 Å². The zero-order valence-corrected chi connectivity index (χ0v) is 10.3. The van der Waals surface area contributed by atoms with E-state index in [-0.39, 0.29) is 0 Å². The summed E-state index contributed by atoms with van der Waals surface area (Å²) in [5.74, 6) is 0.578. The summed E-state index contributed by atoms with van der Waals surface area (Å²) >= 11 is 0. The Morgan fingerprint density at radius 2 is 2.12 bits per heavy atom. The molecule has 0 amide bonds. The quantitative estimate of drug-likeness (QED) is 0.683. The zero-order chi connectivity index (χ0) is 11.4. The van der Waals surface area contributed by atoms with Crippen molar-refractivity contribution in [1.29, 1.82) is 0 Å². The van der Waals surface area contributed by atoms with Crippen LogP contribution in [0.4, 0.5) is 0 Å². The van der Waals surface area contributed by atoms with E-state index in [0.717, 1.165) is 32.5 Å². The van der Waals surface area contributed by atoms with Crippen molar-refractivity contribution in [3.8, 4) is 0 Å². The molecule has 0 saturated heterocycles. The Balaban J connectivity index is 1.73. The van der Waals surface area contributed by atoms with E-state index in [2.05, 4.69) is 32.1 Å². The first-order valence-electron chi connectivity index (χ1n) is 6.33. The van der Waals surface area contributed by atoms with Crippen LogP contribution in [0.5, 0.6) is 0 Å². The first-order valence-corrected chi connectivity index (χ1v) is 6.33. The molecule has 90 valence electrons. The minimum Gasteiger partial charge on any atom is -0.374 e. The van der Waals surface area contributed by atoms with Gasteiger partial charge in [-0.25, -0.2) is 0 Å². The van der Waals surface area contributed by atoms with Gasteiger partial charge in [0.25, 0.3) is 0 Å². The minimum absolute atomic E-state index is 0.316. The maximum Gasteiger partial charge on any atom is 0.0759 e. The molecule has 2 aliphatic rings. The van der Waals surface area contributed by atoms with E-state index in [1.807, 2.05) is 0 Å². The predicted octanol–water partition coefficient (Wildman–Crippen LogP) is 3.09. The van der Waals surface area contributed by atoms with Crippen LogP contribution in [0.25, 0.3) is 0 Å². The summed E-state index contributed by atoms with van der Waals surface area (Å²) in [6.45, 7) is 6.00. The van der Waals surface area contributed by atoms with Crippen molar-refractivity contribution in [2.45, 2.75) is 45.3 Å². The molecule has 0 saturated carbocycles. The molecule has 16 heavy (non-hydrogen) atoms. The van der Waals surface area contributed by atoms with Crippen molar-refractivity contribution in [1.82, 2.24) is 0 Å². The molecule has 0 spiro atoms. The van der Waals surface area contributed by atoms with Crippen LogP contribution >= 0.6 is 0 Å². The van der Waals surface area contributed by atoms with Crippen LogP contribution in [0.15, 0.2) is 23.8 Å². The summed E-state index contributed by atoms with van der Waals surface area (Å²) in [5.41, 5.74) is 1.44. The van der Waals surface area contributed by atoms with Gasteiger partial charge >= 0.3 is 0 Å². The molecule has 2 heteroatoms. The van der Waals surface area contributed by atoms with Crippen molar-refractivity contribution in [2.24, 2.45) is 5.92 Å². The van der Waals surface area contributed by atoms with Crippen LogP contribution in [0.1, 0.15) is 33.1 Å². The van der Waals surface area contributed by atoms with Gasteiger partial charge in [-0.2, -0.15) is 0 Å². The molecule has 2 aliphatic heterocycles. The van der Waals surface area contributed by atoms with Gasteiger partial charge in [-0.1, -0.05) is 25.2 Å². The van der Waals surface area contributed by atoms with Gasteiger partial charge in [0.1, 0.15) is 0 Å². The number of rotatable bonds is 3. The van der Waals surface area contributed by atoms with Crippen molar-refractivity contribution in [3.63, 3.8) is 0 Å². The van der Waals surface area contributed by atoms with Crippen LogP contribution in [-0.2, 0) is 9.47 Å². The summed E-state index contributed by atoms with van der Waals surface area (Å²) in [6.07, 6.45) is 10.8. The summed E-state index contributed by atoms with van der Waals surface area (Å²) in [4.78, 5) is 0. The predicted molar refractivity (Wildman–Crippen MR) is 65.4 cm³/mol. The number of hydrogen-bond acceptors (Lipinski definition) is 2. The minimum atomic E-state index is 0.316. The van der Waals surface area contributed by atoms with Gasteiger partial charge < -0.3 is 9.47 Å². The molecule has 0 bridgehead atoms. The maximum absolute atomic E-state index is 5.75. The van der Waals surface area contributed by atoms with Gasteiger partial charge in [0.15, 0.2) is 0 Å². The fourth-order valence-corrected chi connectivity index (χ4v) is 2.09. The molecule has 0 aromatic heterocycles. The Morgan fingerprint density at radius 3 is 2.75 bits per heavy atom. The van der Waals surface area contributed by atoms with E-state index in [4.69, 9.17) is 9.47 Å². The first kappa shape index (κ1) is 11.9. The van der Waals surface area contributed by atoms with Crippen LogP contribution in [0.2, 0.25) is 0 Å². The van der Waals surface area contributed by atoms with Gasteiger partial charge in [-0.15, -0.1) is 0 Å². The second-order valence-electron chi connectivity index (χ2n) is 4.99. The standard InChI is InChI=1S/C14H22O2/c1-11-3-7-14(16-9-11)8-6-13-5-4-12(2)15-10-13/h3,5,7,11-12,14H,4,6,8-10H2,1-2H3. The van der Waals surface area contributed by atoms with E-state index in [1.54, 1.807) is 0 Å². The highest BCUT2D eigenvalue weighted by Gasteiger charge is 2.15. The van der Waals surface area contributed by atoms with Gasteiger partial charge in [-0.3, -0.25) is 0 Å². The average Bonchev–Trinajstić information content (AvgIpc) is 2.30. The summed E-state index contributed by atoms with van der Waals surface area (Å²) in [5, 5.41) is 0. The Hall–Kier alpha value is -0.600. The third kappa shape index (κ3) is 3.46. The van der Waals surface area contributed by atoms with Crippen LogP contribution < -0.4 is 0 Å². The lowest BCUT2D eigenvalue weighted by molar-refractivity contribution is 0.0500. The number of hydrogen-bond donors (Lipinski definition) is 0. The smallest absolute Gasteiger partial charge is 0.0759 e. The fourth-order valence-electron chi connectivity index (χ4n) is 2.09. The molecule has 0 aliphatic carbocycles. The molecule has 0 aromatic rings. The average molecular weight is 222 g/mol. The third-order valence-corrected chi connectivity index (χ3v) is 3.27. The fraction of sp³-hybridized carbons (Fsp3) is 0.714. The molecule has 0 fully saturated rings. The van der Waals surface area contributed by atoms with Gasteiger partial charge in [0, 0.05) is 0 Å². The van der Waals surface area contributed by atoms with E-state index < -0.39 is 0 Å². The molecule has 3 unspecified atom stereocenters. The summed E-state index contributed by atoms with van der Waals surface area (Å²) in [7, 11) is 0. The Bertz CT molecular complexity index is 280. The molecule has 2 heterocycles. The highest BCUT2D eigenvalue weighted by molar-refractivity contribution is 5.07. The topological polar surface area (TPSA) is 18.5 Å². The SMILES string of the molecule is CC1C=CC(CCC2=CCC(C)OC2)OC1. The summed E-state index contributed by atoms with van der Waals surface area (Å²) in [6, 6.07) is 0. The lowest BCUT2D eigenvalue weighted by Crippen LogP contribution is -2.20. The van der Waals surface area contributed by atoms with Crippen molar-refractivity contribution < 1.29 is 9.47 Å². The highest BCUT2D eigenvalue weighted by atomic mass is 16.5. The third-order valence-electron chi connectivity index (χ3n) is 3.27. The maximum atomic E-state index is 5.75. The van der Waals surface area contributed by atoms with Crippen LogP contribution in [0.3, 0.4) is 0 Å². The molecule has 0 N–H and O–H groups in total. The Labute approximate surface area is 98.3 Å². The first-order chi connectivity index (χ1) is 7.74. The van der Waals surface area contributed by atoms with E-state index in [1.165, 1.54) is 5.57 Å². The molecule has 3 atom stereocenters. The monoisotopic (exact) mass is 222 g/mol. The van der Waals surface area contributed by atoms with E-state index in [9.17, 15) is 0 Å². The van der Waals surface area contributed by atoms with E-state index >= 15 is 0 Å². The van der Waals surface area contributed by atoms with Crippen LogP contribution in [0, 0.1) is 5.92 Å². The van der Waals surface area contributed by atoms with Crippen LogP contribution in [-0.4, -0.2) is 25.4 Å². The lowest BCUT2D eigenvalue weighted by atomic mass is 10.0. The Morgan fingerprint density at radius 1 is 1.25 bits per heavy atom. The van der Waals surface area contributed by atoms with E-state index in [0.29, 0.717) is 18.1 Å². The molecule has 0 radical (unpaired) electrons. The van der Waals surface area contributed by atoms with Gasteiger partial charge in [-0.05, 0) is 37.7 Å². The highest BCUT2D eigenvalue weighted by Crippen LogP contribution is 2.20. The summed E-state index contributed by atoms with van der Waals surface area (Å²) < 4.78 is 11.4. The normalized spacial score (nSPS) is 34.9. The largest absolute Gasteiger partial charge is 0.374 e. The lowest BCUT2D eigenvalue weighted by Gasteiger charge is -2.23. The van der Waals surface area contributed by atoms with Crippen molar-refractivity contribution in [2.75, 3.05) is 13.2 Å². The van der Waals surface area contributed by atoms with Gasteiger partial charge in [0.05, 0.1) is 25.4 Å². The number of ether oxygens (including phenoxy) is 2. The molecule has 2 nitrogen and oxygen atoms in total. The molecule has 2 rings (SSSR count). The second kappa shape index (κ2) is 5.65. The van der Waals surface area contributed by atoms with Crippen molar-refractivity contribution >= 4 is 0 Å². The molecular formula is C14H22O2.